The Bertz CT molecular complexity index is 926. The van der Waals surface area contributed by atoms with Gasteiger partial charge in [-0.15, -0.1) is 0 Å². The number of fused-ring (bicyclic) bond motifs is 1. The molecule has 6 heteroatoms. The van der Waals surface area contributed by atoms with Crippen LogP contribution in [0, 0.1) is 11.3 Å². The molecule has 130 valence electrons. The van der Waals surface area contributed by atoms with E-state index in [0.29, 0.717) is 17.9 Å². The fourth-order valence-corrected chi connectivity index (χ4v) is 2.97. The normalized spacial score (nSPS) is 13.1. The van der Waals surface area contributed by atoms with Gasteiger partial charge in [0.1, 0.15) is 11.6 Å². The number of nitrogens with zero attached hydrogens (tertiary/aromatic N) is 3. The lowest BCUT2D eigenvalue weighted by molar-refractivity contribution is -0.123. The Kier molecular flexibility index (Phi) is 4.72. The Balaban J connectivity index is 1.94. The summed E-state index contributed by atoms with van der Waals surface area (Å²) in [5.74, 6) is -1.13. The Hall–Kier alpha value is -3.59. The molecule has 0 unspecified atom stereocenters. The van der Waals surface area contributed by atoms with E-state index in [1.165, 1.54) is 13.1 Å². The topological polar surface area (TPSA) is 90.4 Å². The minimum atomic E-state index is -0.658. The first-order chi connectivity index (χ1) is 12.5. The van der Waals surface area contributed by atoms with Gasteiger partial charge in [-0.25, -0.2) is 4.90 Å². The van der Waals surface area contributed by atoms with Crippen LogP contribution >= 0.6 is 0 Å². The number of nitriles is 1. The lowest BCUT2D eigenvalue weighted by Crippen LogP contribution is -2.36. The van der Waals surface area contributed by atoms with Gasteiger partial charge in [-0.2, -0.15) is 5.26 Å². The standard InChI is InChI=1S/C20H18N4O2/c1-14(25)24(18-8-6-17(22)7-9-18)20(26)16(12-21)13-23-11-10-15-4-2-3-5-19(15)23/h2-9,13H,10-11,22H2,1H3/b16-13-. The van der Waals surface area contributed by atoms with E-state index in [9.17, 15) is 14.9 Å². The van der Waals surface area contributed by atoms with Gasteiger partial charge in [-0.05, 0) is 42.3 Å². The molecule has 0 aromatic heterocycles. The number of benzene rings is 2. The van der Waals surface area contributed by atoms with Crippen LogP contribution in [-0.4, -0.2) is 18.4 Å². The summed E-state index contributed by atoms with van der Waals surface area (Å²) in [4.78, 5) is 27.8. The van der Waals surface area contributed by atoms with Gasteiger partial charge < -0.3 is 10.6 Å². The number of para-hydroxylation sites is 1. The minimum absolute atomic E-state index is 0.103. The summed E-state index contributed by atoms with van der Waals surface area (Å²) in [6.45, 7) is 1.97. The number of imide groups is 1. The van der Waals surface area contributed by atoms with Gasteiger partial charge in [-0.1, -0.05) is 18.2 Å². The quantitative estimate of drug-likeness (QED) is 0.524. The molecule has 0 atom stereocenters. The third-order valence-corrected chi connectivity index (χ3v) is 4.23. The van der Waals surface area contributed by atoms with E-state index in [2.05, 4.69) is 0 Å². The van der Waals surface area contributed by atoms with Crippen LogP contribution in [0.3, 0.4) is 0 Å². The molecule has 2 aromatic carbocycles. The zero-order valence-corrected chi connectivity index (χ0v) is 14.3. The van der Waals surface area contributed by atoms with Crippen molar-refractivity contribution in [1.82, 2.24) is 0 Å². The summed E-state index contributed by atoms with van der Waals surface area (Å²) in [5, 5.41) is 9.50. The first-order valence-electron chi connectivity index (χ1n) is 8.18. The molecular formula is C20H18N4O2. The van der Waals surface area contributed by atoms with Crippen molar-refractivity contribution >= 4 is 28.9 Å². The molecule has 0 spiro atoms. The molecule has 6 nitrogen and oxygen atoms in total. The maximum Gasteiger partial charge on any atom is 0.277 e. The predicted octanol–water partition coefficient (Wildman–Crippen LogP) is 2.62. The molecule has 2 aromatic rings. The molecular weight excluding hydrogens is 328 g/mol. The molecule has 0 fully saturated rings. The van der Waals surface area contributed by atoms with E-state index in [1.807, 2.05) is 35.2 Å². The second-order valence-corrected chi connectivity index (χ2v) is 5.98. The van der Waals surface area contributed by atoms with E-state index >= 15 is 0 Å². The molecule has 2 N–H and O–H groups in total. The van der Waals surface area contributed by atoms with Crippen LogP contribution in [0.1, 0.15) is 12.5 Å². The van der Waals surface area contributed by atoms with Crippen molar-refractivity contribution in [1.29, 1.82) is 5.26 Å². The van der Waals surface area contributed by atoms with Crippen LogP contribution in [0.15, 0.2) is 60.3 Å². The largest absolute Gasteiger partial charge is 0.399 e. The van der Waals surface area contributed by atoms with Crippen molar-refractivity contribution in [3.63, 3.8) is 0 Å². The molecule has 1 aliphatic heterocycles. The second kappa shape index (κ2) is 7.11. The zero-order valence-electron chi connectivity index (χ0n) is 14.3. The maximum absolute atomic E-state index is 12.9. The zero-order chi connectivity index (χ0) is 18.7. The van der Waals surface area contributed by atoms with Gasteiger partial charge in [0.25, 0.3) is 5.91 Å². The molecule has 3 rings (SSSR count). The van der Waals surface area contributed by atoms with Gasteiger partial charge >= 0.3 is 0 Å². The predicted molar refractivity (Wildman–Crippen MR) is 100 cm³/mol. The van der Waals surface area contributed by atoms with Crippen molar-refractivity contribution in [2.75, 3.05) is 22.1 Å². The Morgan fingerprint density at radius 2 is 1.88 bits per heavy atom. The third-order valence-electron chi connectivity index (χ3n) is 4.23. The van der Waals surface area contributed by atoms with Crippen LogP contribution in [0.4, 0.5) is 17.1 Å². The Labute approximate surface area is 151 Å². The van der Waals surface area contributed by atoms with E-state index in [0.717, 1.165) is 22.6 Å². The van der Waals surface area contributed by atoms with Crippen molar-refractivity contribution in [3.8, 4) is 6.07 Å². The first kappa shape index (κ1) is 17.2. The number of hydrogen-bond acceptors (Lipinski definition) is 5. The van der Waals surface area contributed by atoms with Crippen molar-refractivity contribution < 1.29 is 9.59 Å². The number of rotatable bonds is 3. The highest BCUT2D eigenvalue weighted by atomic mass is 16.2. The lowest BCUT2D eigenvalue weighted by Gasteiger charge is -2.20. The summed E-state index contributed by atoms with van der Waals surface area (Å²) in [7, 11) is 0. The summed E-state index contributed by atoms with van der Waals surface area (Å²) in [6, 6.07) is 16.1. The molecule has 0 radical (unpaired) electrons. The fourth-order valence-electron chi connectivity index (χ4n) is 2.97. The van der Waals surface area contributed by atoms with Crippen molar-refractivity contribution in [3.05, 3.63) is 65.9 Å². The van der Waals surface area contributed by atoms with Crippen LogP contribution in [0.2, 0.25) is 0 Å². The maximum atomic E-state index is 12.9. The van der Waals surface area contributed by atoms with Gasteiger partial charge in [0.05, 0.1) is 5.69 Å². The van der Waals surface area contributed by atoms with Crippen molar-refractivity contribution in [2.45, 2.75) is 13.3 Å². The summed E-state index contributed by atoms with van der Waals surface area (Å²) in [6.07, 6.45) is 2.36. The third kappa shape index (κ3) is 3.28. The number of anilines is 3. The van der Waals surface area contributed by atoms with E-state index in [-0.39, 0.29) is 5.57 Å². The SMILES string of the molecule is CC(=O)N(C(=O)/C(C#N)=C\N1CCc2ccccc21)c1ccc(N)cc1. The molecule has 0 saturated heterocycles. The Morgan fingerprint density at radius 1 is 1.19 bits per heavy atom. The van der Waals surface area contributed by atoms with Crippen LogP contribution < -0.4 is 15.5 Å². The number of amides is 2. The second-order valence-electron chi connectivity index (χ2n) is 5.98. The average molecular weight is 346 g/mol. The highest BCUT2D eigenvalue weighted by molar-refractivity contribution is 6.21. The first-order valence-corrected chi connectivity index (χ1v) is 8.18. The van der Waals surface area contributed by atoms with Crippen LogP contribution in [0.5, 0.6) is 0 Å². The summed E-state index contributed by atoms with van der Waals surface area (Å²) < 4.78 is 0. The van der Waals surface area contributed by atoms with E-state index < -0.39 is 11.8 Å². The van der Waals surface area contributed by atoms with Gasteiger partial charge in [0.2, 0.25) is 5.91 Å². The molecule has 0 aliphatic carbocycles. The van der Waals surface area contributed by atoms with Crippen LogP contribution in [-0.2, 0) is 16.0 Å². The monoisotopic (exact) mass is 346 g/mol. The van der Waals surface area contributed by atoms with Gasteiger partial charge in [0.15, 0.2) is 0 Å². The van der Waals surface area contributed by atoms with Gasteiger partial charge in [-0.3, -0.25) is 9.59 Å². The smallest absolute Gasteiger partial charge is 0.277 e. The number of nitrogens with two attached hydrogens (primary N) is 1. The molecule has 0 saturated carbocycles. The molecule has 1 aliphatic rings. The lowest BCUT2D eigenvalue weighted by atomic mass is 10.2. The fraction of sp³-hybridized carbons (Fsp3) is 0.150. The number of nitrogen functional groups attached to an aromatic ring is 1. The average Bonchev–Trinajstić information content (AvgIpc) is 3.04. The number of carbonyl (C=O) groups is 2. The van der Waals surface area contributed by atoms with Gasteiger partial charge in [0, 0.05) is 31.0 Å². The van der Waals surface area contributed by atoms with Crippen molar-refractivity contribution in [2.24, 2.45) is 0 Å². The van der Waals surface area contributed by atoms with E-state index in [4.69, 9.17) is 5.73 Å². The van der Waals surface area contributed by atoms with E-state index in [1.54, 1.807) is 24.3 Å². The van der Waals surface area contributed by atoms with Crippen LogP contribution in [0.25, 0.3) is 0 Å². The molecule has 2 amide bonds. The number of carbonyl (C=O) groups excluding carboxylic acids is 2. The summed E-state index contributed by atoms with van der Waals surface area (Å²) >= 11 is 0. The highest BCUT2D eigenvalue weighted by Crippen LogP contribution is 2.28. The minimum Gasteiger partial charge on any atom is -0.399 e. The Morgan fingerprint density at radius 3 is 2.54 bits per heavy atom. The molecule has 26 heavy (non-hydrogen) atoms. The summed E-state index contributed by atoms with van der Waals surface area (Å²) in [5.41, 5.74) is 8.58. The molecule has 1 heterocycles. The molecule has 0 bridgehead atoms. The number of hydrogen-bond donors (Lipinski definition) is 1. The highest BCUT2D eigenvalue weighted by Gasteiger charge is 2.26.